The molecule has 0 bridgehead atoms. The number of rotatable bonds is 5. The van der Waals surface area contributed by atoms with Crippen molar-refractivity contribution in [2.24, 2.45) is 0 Å². The van der Waals surface area contributed by atoms with Gasteiger partial charge in [0.05, 0.1) is 11.8 Å². The predicted molar refractivity (Wildman–Crippen MR) is 115 cm³/mol. The van der Waals surface area contributed by atoms with Gasteiger partial charge in [-0.25, -0.2) is 17.9 Å². The van der Waals surface area contributed by atoms with E-state index in [-0.39, 0.29) is 23.4 Å². The van der Waals surface area contributed by atoms with Crippen molar-refractivity contribution in [1.82, 2.24) is 24.5 Å². The molecule has 34 heavy (non-hydrogen) atoms. The minimum atomic E-state index is -4.50. The Bertz CT molecular complexity index is 1270. The molecule has 1 aromatic carbocycles. The molecule has 1 amide bonds. The molecule has 0 atom stereocenters. The molecule has 0 radical (unpaired) electrons. The number of ether oxygens (including phenoxy) is 1. The highest BCUT2D eigenvalue weighted by Gasteiger charge is 2.32. The lowest BCUT2D eigenvalue weighted by atomic mass is 10.1. The van der Waals surface area contributed by atoms with Gasteiger partial charge in [-0.05, 0) is 24.3 Å². The van der Waals surface area contributed by atoms with Crippen molar-refractivity contribution in [3.63, 3.8) is 0 Å². The molecule has 3 heterocycles. The number of hydrogen-bond acceptors (Lipinski definition) is 6. The second-order valence-corrected chi connectivity index (χ2v) is 9.49. The average molecular weight is 498 g/mol. The van der Waals surface area contributed by atoms with Crippen LogP contribution in [0.3, 0.4) is 0 Å². The van der Waals surface area contributed by atoms with Gasteiger partial charge in [0.2, 0.25) is 10.0 Å². The van der Waals surface area contributed by atoms with Crippen molar-refractivity contribution in [3.8, 4) is 11.4 Å². The number of halogens is 3. The van der Waals surface area contributed by atoms with Gasteiger partial charge >= 0.3 is 12.2 Å². The number of amides is 1. The van der Waals surface area contributed by atoms with E-state index < -0.39 is 27.8 Å². The number of piperidine rings is 1. The SMILES string of the molecule is CS(=O)(=O)Nc1ccn(C(=O)N2CCC(Oc3ccc(C(F)(F)F)cc3-n3cccn3)CC2)n1. The molecule has 1 saturated heterocycles. The first-order valence-electron chi connectivity index (χ1n) is 10.2. The molecule has 1 fully saturated rings. The Morgan fingerprint density at radius 3 is 2.53 bits per heavy atom. The van der Waals surface area contributed by atoms with Crippen LogP contribution in [0.1, 0.15) is 18.4 Å². The third-order valence-electron chi connectivity index (χ3n) is 5.12. The molecule has 182 valence electrons. The number of nitrogens with one attached hydrogen (secondary N) is 1. The van der Waals surface area contributed by atoms with Crippen LogP contribution >= 0.6 is 0 Å². The molecular formula is C20H21F3N6O4S. The maximum Gasteiger partial charge on any atom is 0.416 e. The molecular weight excluding hydrogens is 477 g/mol. The van der Waals surface area contributed by atoms with E-state index in [0.717, 1.165) is 23.1 Å². The first kappa shape index (κ1) is 23.6. The maximum atomic E-state index is 13.2. The predicted octanol–water partition coefficient (Wildman–Crippen LogP) is 2.97. The van der Waals surface area contributed by atoms with Gasteiger partial charge in [0.25, 0.3) is 0 Å². The van der Waals surface area contributed by atoms with Crippen molar-refractivity contribution < 1.29 is 31.1 Å². The lowest BCUT2D eigenvalue weighted by molar-refractivity contribution is -0.137. The number of sulfonamides is 1. The number of nitrogens with zero attached hydrogens (tertiary/aromatic N) is 5. The second kappa shape index (κ2) is 9.00. The highest BCUT2D eigenvalue weighted by atomic mass is 32.2. The van der Waals surface area contributed by atoms with E-state index in [1.807, 2.05) is 0 Å². The standard InChI is InChI=1S/C20H21F3N6O4S/c1-34(31,32)26-18-7-12-29(25-18)19(30)27-10-5-15(6-11-27)33-17-4-3-14(20(21,22)23)13-16(17)28-9-2-8-24-28/h2-4,7-9,12-13,15H,5-6,10-11H2,1H3,(H,25,26). The Hall–Kier alpha value is -3.55. The quantitative estimate of drug-likeness (QED) is 0.579. The van der Waals surface area contributed by atoms with Gasteiger partial charge in [0.1, 0.15) is 17.5 Å². The van der Waals surface area contributed by atoms with E-state index in [0.29, 0.717) is 25.9 Å². The lowest BCUT2D eigenvalue weighted by Gasteiger charge is -2.32. The van der Waals surface area contributed by atoms with Gasteiger partial charge < -0.3 is 9.64 Å². The highest BCUT2D eigenvalue weighted by Crippen LogP contribution is 2.35. The summed E-state index contributed by atoms with van der Waals surface area (Å²) in [5.41, 5.74) is -0.643. The number of benzene rings is 1. The molecule has 1 aliphatic rings. The monoisotopic (exact) mass is 498 g/mol. The average Bonchev–Trinajstić information content (AvgIpc) is 3.44. The molecule has 4 rings (SSSR count). The summed E-state index contributed by atoms with van der Waals surface area (Å²) in [5, 5.41) is 7.95. The van der Waals surface area contributed by atoms with E-state index >= 15 is 0 Å². The van der Waals surface area contributed by atoms with Crippen molar-refractivity contribution >= 4 is 21.9 Å². The summed E-state index contributed by atoms with van der Waals surface area (Å²) in [6.07, 6.45) is 1.39. The van der Waals surface area contributed by atoms with Crippen LogP contribution < -0.4 is 9.46 Å². The zero-order chi connectivity index (χ0) is 24.5. The molecule has 0 unspecified atom stereocenters. The molecule has 14 heteroatoms. The molecule has 2 aromatic heterocycles. The van der Waals surface area contributed by atoms with E-state index in [2.05, 4.69) is 14.9 Å². The fourth-order valence-electron chi connectivity index (χ4n) is 3.55. The summed E-state index contributed by atoms with van der Waals surface area (Å²) < 4.78 is 72.7. The molecule has 3 aromatic rings. The van der Waals surface area contributed by atoms with Crippen LogP contribution in [0.15, 0.2) is 48.9 Å². The third-order valence-corrected chi connectivity index (χ3v) is 5.70. The summed E-state index contributed by atoms with van der Waals surface area (Å²) in [6.45, 7) is 0.659. The van der Waals surface area contributed by atoms with Crippen molar-refractivity contribution in [1.29, 1.82) is 0 Å². The number of carbonyl (C=O) groups excluding carboxylic acids is 1. The minimum Gasteiger partial charge on any atom is -0.488 e. The van der Waals surface area contributed by atoms with Crippen LogP contribution in [0, 0.1) is 0 Å². The third kappa shape index (κ3) is 5.50. The Morgan fingerprint density at radius 2 is 1.91 bits per heavy atom. The van der Waals surface area contributed by atoms with E-state index in [1.165, 1.54) is 40.3 Å². The number of anilines is 1. The lowest BCUT2D eigenvalue weighted by Crippen LogP contribution is -2.43. The number of alkyl halides is 3. The number of aromatic nitrogens is 4. The number of hydrogen-bond donors (Lipinski definition) is 1. The maximum absolute atomic E-state index is 13.2. The Kier molecular flexibility index (Phi) is 6.25. The molecule has 1 aliphatic heterocycles. The molecule has 1 N–H and O–H groups in total. The van der Waals surface area contributed by atoms with Crippen LogP contribution in [-0.4, -0.2) is 64.4 Å². The smallest absolute Gasteiger partial charge is 0.416 e. The summed E-state index contributed by atoms with van der Waals surface area (Å²) in [4.78, 5) is 14.2. The van der Waals surface area contributed by atoms with Crippen LogP contribution in [0.4, 0.5) is 23.8 Å². The summed E-state index contributed by atoms with van der Waals surface area (Å²) >= 11 is 0. The summed E-state index contributed by atoms with van der Waals surface area (Å²) in [6, 6.07) is 5.77. The highest BCUT2D eigenvalue weighted by molar-refractivity contribution is 7.92. The van der Waals surface area contributed by atoms with Gasteiger partial charge in [-0.1, -0.05) is 0 Å². The first-order valence-corrected chi connectivity index (χ1v) is 12.1. The van der Waals surface area contributed by atoms with E-state index in [9.17, 15) is 26.4 Å². The Balaban J connectivity index is 1.42. The van der Waals surface area contributed by atoms with Gasteiger partial charge in [-0.15, -0.1) is 5.10 Å². The van der Waals surface area contributed by atoms with Gasteiger partial charge in [-0.2, -0.15) is 23.0 Å². The zero-order valence-corrected chi connectivity index (χ0v) is 18.8. The Morgan fingerprint density at radius 1 is 1.18 bits per heavy atom. The van der Waals surface area contributed by atoms with E-state index in [1.54, 1.807) is 6.07 Å². The van der Waals surface area contributed by atoms with Gasteiger partial charge in [-0.3, -0.25) is 4.72 Å². The Labute approximate surface area is 193 Å². The van der Waals surface area contributed by atoms with Crippen LogP contribution in [0.25, 0.3) is 5.69 Å². The molecule has 0 saturated carbocycles. The molecule has 0 spiro atoms. The fraction of sp³-hybridized carbons (Fsp3) is 0.350. The van der Waals surface area contributed by atoms with Crippen molar-refractivity contribution in [3.05, 3.63) is 54.5 Å². The van der Waals surface area contributed by atoms with Gasteiger partial charge in [0, 0.05) is 50.6 Å². The summed E-state index contributed by atoms with van der Waals surface area (Å²) in [7, 11) is -3.52. The van der Waals surface area contributed by atoms with Crippen molar-refractivity contribution in [2.75, 3.05) is 24.1 Å². The minimum absolute atomic E-state index is 0.0301. The first-order chi connectivity index (χ1) is 16.0. The van der Waals surface area contributed by atoms with Crippen molar-refractivity contribution in [2.45, 2.75) is 25.1 Å². The normalized spacial score (nSPS) is 15.4. The van der Waals surface area contributed by atoms with Crippen LogP contribution in [0.5, 0.6) is 5.75 Å². The van der Waals surface area contributed by atoms with Crippen LogP contribution in [0.2, 0.25) is 0 Å². The second-order valence-electron chi connectivity index (χ2n) is 7.74. The number of likely N-dealkylation sites (tertiary alicyclic amines) is 1. The zero-order valence-electron chi connectivity index (χ0n) is 17.9. The topological polar surface area (TPSA) is 111 Å². The number of carbonyl (C=O) groups is 1. The van der Waals surface area contributed by atoms with Crippen LogP contribution in [-0.2, 0) is 16.2 Å². The molecule has 0 aliphatic carbocycles. The largest absolute Gasteiger partial charge is 0.488 e. The van der Waals surface area contributed by atoms with Gasteiger partial charge in [0.15, 0.2) is 5.82 Å². The summed E-state index contributed by atoms with van der Waals surface area (Å²) in [5.74, 6) is 0.285. The molecule has 10 nitrogen and oxygen atoms in total. The fourth-order valence-corrected chi connectivity index (χ4v) is 4.04. The van der Waals surface area contributed by atoms with E-state index in [4.69, 9.17) is 4.74 Å².